The molecule has 0 aromatic carbocycles. The Balaban J connectivity index is 1.93. The van der Waals surface area contributed by atoms with Crippen LogP contribution in [0.2, 0.25) is 0 Å². The maximum atomic E-state index is 12.1. The van der Waals surface area contributed by atoms with E-state index < -0.39 is 0 Å². The molecule has 2 rings (SSSR count). The quantitative estimate of drug-likeness (QED) is 0.894. The van der Waals surface area contributed by atoms with Crippen molar-refractivity contribution in [2.75, 3.05) is 13.1 Å². The van der Waals surface area contributed by atoms with Crippen molar-refractivity contribution in [2.24, 2.45) is 0 Å². The van der Waals surface area contributed by atoms with E-state index in [0.29, 0.717) is 11.7 Å². The molecule has 0 radical (unpaired) electrons. The Bertz CT molecular complexity index is 430. The minimum atomic E-state index is -0.122. The third-order valence-corrected chi connectivity index (χ3v) is 3.53. The van der Waals surface area contributed by atoms with Crippen molar-refractivity contribution in [1.29, 1.82) is 0 Å². The molecule has 1 N–H and O–H groups in total. The molecular weight excluding hydrogens is 240 g/mol. The van der Waals surface area contributed by atoms with Crippen molar-refractivity contribution in [3.05, 3.63) is 23.8 Å². The first kappa shape index (κ1) is 13.9. The Kier molecular flexibility index (Phi) is 4.47. The molecular formula is C14H22N4O. The second-order valence-electron chi connectivity index (χ2n) is 5.44. The van der Waals surface area contributed by atoms with Crippen molar-refractivity contribution in [1.82, 2.24) is 20.2 Å². The summed E-state index contributed by atoms with van der Waals surface area (Å²) >= 11 is 0. The normalized spacial score (nSPS) is 20.5. The molecule has 0 bridgehead atoms. The van der Waals surface area contributed by atoms with Crippen molar-refractivity contribution in [3.63, 3.8) is 0 Å². The first-order valence-electron chi connectivity index (χ1n) is 6.90. The van der Waals surface area contributed by atoms with Crippen LogP contribution in [0, 0.1) is 6.92 Å². The van der Waals surface area contributed by atoms with Gasteiger partial charge in [-0.3, -0.25) is 14.7 Å². The number of carbonyl (C=O) groups excluding carboxylic acids is 1. The van der Waals surface area contributed by atoms with Crippen LogP contribution in [0.3, 0.4) is 0 Å². The second kappa shape index (κ2) is 6.10. The fourth-order valence-corrected chi connectivity index (χ4v) is 2.36. The number of aryl methyl sites for hydroxylation is 1. The van der Waals surface area contributed by atoms with E-state index in [4.69, 9.17) is 0 Å². The van der Waals surface area contributed by atoms with E-state index in [0.717, 1.165) is 31.6 Å². The summed E-state index contributed by atoms with van der Waals surface area (Å²) in [5.41, 5.74) is 1.22. The fourth-order valence-electron chi connectivity index (χ4n) is 2.36. The van der Waals surface area contributed by atoms with Gasteiger partial charge < -0.3 is 5.32 Å². The van der Waals surface area contributed by atoms with Gasteiger partial charge in [0.25, 0.3) is 5.91 Å². The molecule has 1 aromatic rings. The van der Waals surface area contributed by atoms with Gasteiger partial charge in [0.1, 0.15) is 5.69 Å². The first-order chi connectivity index (χ1) is 9.06. The zero-order valence-electron chi connectivity index (χ0n) is 11.9. The van der Waals surface area contributed by atoms with Crippen molar-refractivity contribution in [3.8, 4) is 0 Å². The molecule has 1 saturated heterocycles. The van der Waals surface area contributed by atoms with E-state index in [1.165, 1.54) is 6.20 Å². The third kappa shape index (κ3) is 3.73. The predicted octanol–water partition coefficient (Wildman–Crippen LogP) is 1.39. The lowest BCUT2D eigenvalue weighted by Gasteiger charge is -2.35. The number of aromatic nitrogens is 2. The van der Waals surface area contributed by atoms with Gasteiger partial charge in [0, 0.05) is 24.8 Å². The Hall–Kier alpha value is -1.49. The monoisotopic (exact) mass is 262 g/mol. The summed E-state index contributed by atoms with van der Waals surface area (Å²) in [5.74, 6) is -0.122. The topological polar surface area (TPSA) is 58.1 Å². The molecule has 0 saturated carbocycles. The van der Waals surface area contributed by atoms with Crippen LogP contribution >= 0.6 is 0 Å². The minimum Gasteiger partial charge on any atom is -0.347 e. The van der Waals surface area contributed by atoms with Crippen molar-refractivity contribution >= 4 is 5.91 Å². The molecule has 19 heavy (non-hydrogen) atoms. The second-order valence-corrected chi connectivity index (χ2v) is 5.44. The zero-order valence-corrected chi connectivity index (χ0v) is 11.9. The van der Waals surface area contributed by atoms with Crippen LogP contribution in [-0.2, 0) is 0 Å². The SMILES string of the molecule is Cc1cnc(C(=O)N[C@@H]2CCCN(C(C)C)C2)cn1. The molecule has 0 unspecified atom stereocenters. The van der Waals surface area contributed by atoms with Crippen molar-refractivity contribution < 1.29 is 4.79 Å². The van der Waals surface area contributed by atoms with Gasteiger partial charge in [-0.05, 0) is 40.2 Å². The Morgan fingerprint density at radius 2 is 2.21 bits per heavy atom. The maximum Gasteiger partial charge on any atom is 0.271 e. The highest BCUT2D eigenvalue weighted by molar-refractivity contribution is 5.92. The number of nitrogens with zero attached hydrogens (tertiary/aromatic N) is 3. The molecule has 1 aliphatic heterocycles. The summed E-state index contributed by atoms with van der Waals surface area (Å²) in [7, 11) is 0. The zero-order chi connectivity index (χ0) is 13.8. The highest BCUT2D eigenvalue weighted by Gasteiger charge is 2.23. The molecule has 0 spiro atoms. The van der Waals surface area contributed by atoms with Gasteiger partial charge in [-0.2, -0.15) is 0 Å². The largest absolute Gasteiger partial charge is 0.347 e. The molecule has 1 atom stereocenters. The van der Waals surface area contributed by atoms with E-state index >= 15 is 0 Å². The summed E-state index contributed by atoms with van der Waals surface area (Å²) in [6.45, 7) is 8.28. The number of hydrogen-bond donors (Lipinski definition) is 1. The fraction of sp³-hybridized carbons (Fsp3) is 0.643. The average molecular weight is 262 g/mol. The Morgan fingerprint density at radius 1 is 1.42 bits per heavy atom. The lowest BCUT2D eigenvalue weighted by atomic mass is 10.0. The molecule has 0 aliphatic carbocycles. The molecule has 5 nitrogen and oxygen atoms in total. The van der Waals surface area contributed by atoms with Gasteiger partial charge in [0.05, 0.1) is 11.9 Å². The molecule has 5 heteroatoms. The average Bonchev–Trinajstić information content (AvgIpc) is 2.39. The number of likely N-dealkylation sites (tertiary alicyclic amines) is 1. The molecule has 1 fully saturated rings. The highest BCUT2D eigenvalue weighted by atomic mass is 16.1. The Morgan fingerprint density at radius 3 is 2.84 bits per heavy atom. The van der Waals surface area contributed by atoms with E-state index in [-0.39, 0.29) is 11.9 Å². The summed E-state index contributed by atoms with van der Waals surface area (Å²) in [6.07, 6.45) is 5.32. The van der Waals surface area contributed by atoms with Gasteiger partial charge >= 0.3 is 0 Å². The van der Waals surface area contributed by atoms with Gasteiger partial charge in [0.2, 0.25) is 0 Å². The number of carbonyl (C=O) groups is 1. The van der Waals surface area contributed by atoms with Crippen LogP contribution in [-0.4, -0.2) is 45.9 Å². The smallest absolute Gasteiger partial charge is 0.271 e. The summed E-state index contributed by atoms with van der Waals surface area (Å²) in [6, 6.07) is 0.741. The van der Waals surface area contributed by atoms with Crippen LogP contribution in [0.15, 0.2) is 12.4 Å². The lowest BCUT2D eigenvalue weighted by molar-refractivity contribution is 0.0881. The van der Waals surface area contributed by atoms with Crippen LogP contribution in [0.25, 0.3) is 0 Å². The summed E-state index contributed by atoms with van der Waals surface area (Å²) < 4.78 is 0. The van der Waals surface area contributed by atoms with Crippen LogP contribution < -0.4 is 5.32 Å². The van der Waals surface area contributed by atoms with E-state index in [1.54, 1.807) is 6.20 Å². The predicted molar refractivity (Wildman–Crippen MR) is 74.0 cm³/mol. The number of nitrogens with one attached hydrogen (secondary N) is 1. The minimum absolute atomic E-state index is 0.122. The first-order valence-corrected chi connectivity index (χ1v) is 6.90. The van der Waals surface area contributed by atoms with Gasteiger partial charge in [0.15, 0.2) is 0 Å². The highest BCUT2D eigenvalue weighted by Crippen LogP contribution is 2.13. The third-order valence-electron chi connectivity index (χ3n) is 3.53. The molecule has 2 heterocycles. The lowest BCUT2D eigenvalue weighted by Crippen LogP contribution is -2.49. The van der Waals surface area contributed by atoms with Crippen LogP contribution in [0.5, 0.6) is 0 Å². The van der Waals surface area contributed by atoms with E-state index in [2.05, 4.69) is 34.0 Å². The van der Waals surface area contributed by atoms with Gasteiger partial charge in [-0.1, -0.05) is 0 Å². The molecule has 104 valence electrons. The standard InChI is InChI=1S/C14H22N4O/c1-10(2)18-6-4-5-12(9-18)17-14(19)13-8-15-11(3)7-16-13/h7-8,10,12H,4-6,9H2,1-3H3,(H,17,19)/t12-/m1/s1. The molecule has 1 aromatic heterocycles. The van der Waals surface area contributed by atoms with Crippen LogP contribution in [0.4, 0.5) is 0 Å². The number of amides is 1. The number of rotatable bonds is 3. The van der Waals surface area contributed by atoms with Crippen LogP contribution in [0.1, 0.15) is 42.9 Å². The van der Waals surface area contributed by atoms with Crippen molar-refractivity contribution in [2.45, 2.75) is 45.7 Å². The van der Waals surface area contributed by atoms with Gasteiger partial charge in [-0.25, -0.2) is 4.98 Å². The Labute approximate surface area is 114 Å². The summed E-state index contributed by atoms with van der Waals surface area (Å²) in [4.78, 5) is 22.7. The molecule has 1 amide bonds. The van der Waals surface area contributed by atoms with E-state index in [9.17, 15) is 4.79 Å². The van der Waals surface area contributed by atoms with E-state index in [1.807, 2.05) is 6.92 Å². The summed E-state index contributed by atoms with van der Waals surface area (Å²) in [5, 5.41) is 3.06. The molecule has 1 aliphatic rings. The maximum absolute atomic E-state index is 12.1. The van der Waals surface area contributed by atoms with Gasteiger partial charge in [-0.15, -0.1) is 0 Å². The number of piperidine rings is 1. The number of hydrogen-bond acceptors (Lipinski definition) is 4.